The molecule has 172 valence electrons. The zero-order valence-corrected chi connectivity index (χ0v) is 18.8. The number of esters is 1. The van der Waals surface area contributed by atoms with Crippen LogP contribution in [0.2, 0.25) is 0 Å². The first-order valence-electron chi connectivity index (χ1n) is 11.8. The van der Waals surface area contributed by atoms with E-state index in [4.69, 9.17) is 4.74 Å². The van der Waals surface area contributed by atoms with Crippen molar-refractivity contribution in [1.82, 2.24) is 15.1 Å². The van der Waals surface area contributed by atoms with Crippen LogP contribution in [0.5, 0.6) is 0 Å². The van der Waals surface area contributed by atoms with Crippen LogP contribution < -0.4 is 0 Å². The number of aryl methyl sites for hydroxylation is 2. The number of nitrogens with one attached hydrogen (secondary N) is 1. The Morgan fingerprint density at radius 2 is 2.03 bits per heavy atom. The third-order valence-electron chi connectivity index (χ3n) is 6.84. The van der Waals surface area contributed by atoms with E-state index in [1.165, 1.54) is 23.7 Å². The number of H-pyrrole nitrogens is 1. The van der Waals surface area contributed by atoms with Gasteiger partial charge in [-0.3, -0.25) is 14.7 Å². The molecule has 1 aliphatic heterocycles. The highest BCUT2D eigenvalue weighted by molar-refractivity contribution is 5.81. The summed E-state index contributed by atoms with van der Waals surface area (Å²) in [5, 5.41) is 7.58. The number of rotatable bonds is 7. The molecule has 0 spiro atoms. The highest BCUT2D eigenvalue weighted by atomic mass is 19.1. The van der Waals surface area contributed by atoms with Crippen molar-refractivity contribution < 1.29 is 18.7 Å². The molecular weight excluding hydrogens is 409 g/mol. The van der Waals surface area contributed by atoms with E-state index < -0.39 is 5.41 Å². The Labute approximate surface area is 188 Å². The van der Waals surface area contributed by atoms with E-state index in [9.17, 15) is 14.0 Å². The van der Waals surface area contributed by atoms with Crippen LogP contribution in [0.1, 0.15) is 61.5 Å². The number of nitrogens with zero attached hydrogens (tertiary/aromatic N) is 2. The number of benzene rings is 1. The molecule has 1 aliphatic carbocycles. The Morgan fingerprint density at radius 1 is 1.22 bits per heavy atom. The molecule has 1 saturated heterocycles. The molecule has 2 aliphatic rings. The maximum absolute atomic E-state index is 14.4. The minimum Gasteiger partial charge on any atom is -0.466 e. The first-order chi connectivity index (χ1) is 15.5. The highest BCUT2D eigenvalue weighted by Gasteiger charge is 2.45. The fourth-order valence-electron chi connectivity index (χ4n) is 5.16. The van der Waals surface area contributed by atoms with E-state index >= 15 is 0 Å². The maximum Gasteiger partial charge on any atom is 0.314 e. The van der Waals surface area contributed by atoms with Gasteiger partial charge in [0.15, 0.2) is 0 Å². The fraction of sp³-hybridized carbons (Fsp3) is 0.560. The van der Waals surface area contributed by atoms with E-state index in [1.54, 1.807) is 30.0 Å². The van der Waals surface area contributed by atoms with Crippen molar-refractivity contribution in [2.45, 2.75) is 64.7 Å². The van der Waals surface area contributed by atoms with Gasteiger partial charge in [0.05, 0.1) is 17.7 Å². The number of carbonyl (C=O) groups is 2. The van der Waals surface area contributed by atoms with Crippen LogP contribution in [-0.4, -0.2) is 46.7 Å². The zero-order valence-electron chi connectivity index (χ0n) is 18.8. The summed E-state index contributed by atoms with van der Waals surface area (Å²) in [5.74, 6) is -0.662. The normalized spacial score (nSPS) is 20.6. The smallest absolute Gasteiger partial charge is 0.314 e. The number of carbonyl (C=O) groups excluding carboxylic acids is 2. The number of halogens is 1. The van der Waals surface area contributed by atoms with Gasteiger partial charge >= 0.3 is 5.97 Å². The van der Waals surface area contributed by atoms with Crippen LogP contribution in [0.4, 0.5) is 4.39 Å². The summed E-state index contributed by atoms with van der Waals surface area (Å²) in [6.07, 6.45) is 6.85. The molecule has 2 aromatic rings. The predicted octanol–water partition coefficient (Wildman–Crippen LogP) is 3.77. The number of ether oxygens (including phenoxy) is 1. The molecule has 2 heterocycles. The molecule has 0 bridgehead atoms. The molecule has 0 saturated carbocycles. The molecule has 1 aromatic heterocycles. The largest absolute Gasteiger partial charge is 0.466 e. The average molecular weight is 442 g/mol. The number of fused-ring (bicyclic) bond motifs is 1. The highest BCUT2D eigenvalue weighted by Crippen LogP contribution is 2.36. The van der Waals surface area contributed by atoms with Crippen molar-refractivity contribution in [2.24, 2.45) is 5.41 Å². The van der Waals surface area contributed by atoms with Crippen molar-refractivity contribution in [3.63, 3.8) is 0 Å². The second kappa shape index (κ2) is 9.84. The van der Waals surface area contributed by atoms with Gasteiger partial charge in [-0.15, -0.1) is 0 Å². The molecule has 1 amide bonds. The number of likely N-dealkylation sites (tertiary alicyclic amines) is 1. The summed E-state index contributed by atoms with van der Waals surface area (Å²) in [6.45, 7) is 2.90. The molecule has 1 atom stereocenters. The fourth-order valence-corrected chi connectivity index (χ4v) is 5.16. The van der Waals surface area contributed by atoms with Gasteiger partial charge in [0, 0.05) is 31.6 Å². The summed E-state index contributed by atoms with van der Waals surface area (Å²) in [6, 6.07) is 6.52. The van der Waals surface area contributed by atoms with Crippen molar-refractivity contribution in [3.05, 3.63) is 52.6 Å². The van der Waals surface area contributed by atoms with Crippen LogP contribution in [0.15, 0.2) is 24.3 Å². The second-order valence-electron chi connectivity index (χ2n) is 9.02. The average Bonchev–Trinajstić information content (AvgIpc) is 3.22. The van der Waals surface area contributed by atoms with Gasteiger partial charge in [0.1, 0.15) is 5.82 Å². The third kappa shape index (κ3) is 4.71. The predicted molar refractivity (Wildman–Crippen MR) is 119 cm³/mol. The molecule has 1 N–H and O–H groups in total. The number of aromatic amines is 1. The van der Waals surface area contributed by atoms with Gasteiger partial charge in [-0.1, -0.05) is 18.2 Å². The standard InChI is InChI=1S/C25H32FN3O3/c1-2-32-24(31)25(16-18-8-3-5-10-20(18)26)14-7-15-29(17-25)23(30)13-12-22-19-9-4-6-11-21(19)27-28-22/h3,5,8,10H,2,4,6-7,9,11-17H2,1H3,(H,27,28)/t25-/m1/s1. The first kappa shape index (κ1) is 22.5. The van der Waals surface area contributed by atoms with Crippen LogP contribution in [0.3, 0.4) is 0 Å². The van der Waals surface area contributed by atoms with E-state index in [-0.39, 0.29) is 37.3 Å². The Hall–Kier alpha value is -2.70. The Morgan fingerprint density at radius 3 is 2.84 bits per heavy atom. The molecule has 32 heavy (non-hydrogen) atoms. The quantitative estimate of drug-likeness (QED) is 0.664. The Kier molecular flexibility index (Phi) is 6.92. The number of hydrogen-bond donors (Lipinski definition) is 1. The lowest BCUT2D eigenvalue weighted by molar-refractivity contribution is -0.160. The summed E-state index contributed by atoms with van der Waals surface area (Å²) in [7, 11) is 0. The third-order valence-corrected chi connectivity index (χ3v) is 6.84. The van der Waals surface area contributed by atoms with E-state index in [2.05, 4.69) is 10.2 Å². The summed E-state index contributed by atoms with van der Waals surface area (Å²) >= 11 is 0. The molecule has 1 fully saturated rings. The van der Waals surface area contributed by atoms with Crippen LogP contribution in [0.25, 0.3) is 0 Å². The van der Waals surface area contributed by atoms with Gasteiger partial charge in [-0.25, -0.2) is 4.39 Å². The molecule has 4 rings (SSSR count). The van der Waals surface area contributed by atoms with Crippen molar-refractivity contribution in [3.8, 4) is 0 Å². The van der Waals surface area contributed by atoms with E-state index in [1.807, 2.05) is 0 Å². The molecule has 0 unspecified atom stereocenters. The van der Waals surface area contributed by atoms with Gasteiger partial charge in [0.2, 0.25) is 5.91 Å². The van der Waals surface area contributed by atoms with Gasteiger partial charge in [0.25, 0.3) is 0 Å². The molecule has 6 nitrogen and oxygen atoms in total. The Balaban J connectivity index is 1.47. The second-order valence-corrected chi connectivity index (χ2v) is 9.02. The SMILES string of the molecule is CCOC(=O)[C@@]1(Cc2ccccc2F)CCCN(C(=O)CCc2n[nH]c3c2CCCC3)C1. The lowest BCUT2D eigenvalue weighted by Gasteiger charge is -2.41. The number of aromatic nitrogens is 2. The van der Waals surface area contributed by atoms with Crippen molar-refractivity contribution in [2.75, 3.05) is 19.7 Å². The van der Waals surface area contributed by atoms with Gasteiger partial charge < -0.3 is 9.64 Å². The summed E-state index contributed by atoms with van der Waals surface area (Å²) in [5.41, 5.74) is 3.05. The lowest BCUT2D eigenvalue weighted by Crippen LogP contribution is -2.51. The number of hydrogen-bond acceptors (Lipinski definition) is 4. The van der Waals surface area contributed by atoms with Crippen LogP contribution in [0, 0.1) is 11.2 Å². The van der Waals surface area contributed by atoms with Crippen molar-refractivity contribution >= 4 is 11.9 Å². The van der Waals surface area contributed by atoms with Crippen LogP contribution in [-0.2, 0) is 40.0 Å². The Bertz CT molecular complexity index is 973. The molecule has 7 heteroatoms. The minimum absolute atomic E-state index is 0.0134. The minimum atomic E-state index is -0.919. The monoisotopic (exact) mass is 441 g/mol. The maximum atomic E-state index is 14.4. The topological polar surface area (TPSA) is 75.3 Å². The van der Waals surface area contributed by atoms with E-state index in [0.29, 0.717) is 37.8 Å². The molecule has 1 aromatic carbocycles. The zero-order chi connectivity index (χ0) is 22.6. The number of piperidine rings is 1. The van der Waals surface area contributed by atoms with Gasteiger partial charge in [-0.05, 0) is 69.1 Å². The molecular formula is C25H32FN3O3. The van der Waals surface area contributed by atoms with Gasteiger partial charge in [-0.2, -0.15) is 5.10 Å². The first-order valence-corrected chi connectivity index (χ1v) is 11.8. The summed E-state index contributed by atoms with van der Waals surface area (Å²) < 4.78 is 19.8. The number of amides is 1. The van der Waals surface area contributed by atoms with E-state index in [0.717, 1.165) is 25.0 Å². The lowest BCUT2D eigenvalue weighted by atomic mass is 9.74. The molecule has 0 radical (unpaired) electrons. The van der Waals surface area contributed by atoms with Crippen molar-refractivity contribution in [1.29, 1.82) is 0 Å². The summed E-state index contributed by atoms with van der Waals surface area (Å²) in [4.78, 5) is 27.9. The van der Waals surface area contributed by atoms with Crippen LogP contribution >= 0.6 is 0 Å².